The van der Waals surface area contributed by atoms with Crippen molar-refractivity contribution in [3.63, 3.8) is 0 Å². The van der Waals surface area contributed by atoms with Crippen molar-refractivity contribution in [1.29, 1.82) is 0 Å². The van der Waals surface area contributed by atoms with Crippen LogP contribution in [0.1, 0.15) is 53.0 Å². The molecule has 202 valence electrons. The van der Waals surface area contributed by atoms with Crippen molar-refractivity contribution in [3.8, 4) is 5.75 Å². The number of hydrogen-bond donors (Lipinski definition) is 2. The summed E-state index contributed by atoms with van der Waals surface area (Å²) in [4.78, 5) is 40.8. The Morgan fingerprint density at radius 3 is 2.49 bits per heavy atom. The number of hydrogen-bond acceptors (Lipinski definition) is 7. The quantitative estimate of drug-likeness (QED) is 0.273. The molecule has 0 bridgehead atoms. The lowest BCUT2D eigenvalue weighted by atomic mass is 10.0. The summed E-state index contributed by atoms with van der Waals surface area (Å²) in [5.74, 6) is -0.367. The number of nitrogens with one attached hydrogen (secondary N) is 2. The van der Waals surface area contributed by atoms with Gasteiger partial charge in [0, 0.05) is 36.3 Å². The number of allylic oxidation sites excluding steroid dienone is 1. The number of methoxy groups -OCH3 is 1. The van der Waals surface area contributed by atoms with Crippen molar-refractivity contribution < 1.29 is 28.1 Å². The van der Waals surface area contributed by atoms with E-state index in [-0.39, 0.29) is 22.9 Å². The third kappa shape index (κ3) is 5.85. The van der Waals surface area contributed by atoms with Crippen LogP contribution in [0.5, 0.6) is 5.75 Å². The second kappa shape index (κ2) is 11.7. The molecule has 2 heterocycles. The lowest BCUT2D eigenvalue weighted by Gasteiger charge is -2.16. The second-order valence-corrected chi connectivity index (χ2v) is 8.79. The van der Waals surface area contributed by atoms with Crippen molar-refractivity contribution in [2.45, 2.75) is 27.7 Å². The fourth-order valence-corrected chi connectivity index (χ4v) is 4.11. The monoisotopic (exact) mass is 530 g/mol. The van der Waals surface area contributed by atoms with Crippen LogP contribution in [0, 0.1) is 6.92 Å². The Bertz CT molecular complexity index is 1560. The summed E-state index contributed by atoms with van der Waals surface area (Å²) in [6, 6.07) is 12.1. The minimum atomic E-state index is -0.567. The molecule has 2 N–H and O–H groups in total. The molecule has 3 amide bonds. The van der Waals surface area contributed by atoms with Gasteiger partial charge in [0.2, 0.25) is 11.7 Å². The van der Waals surface area contributed by atoms with Crippen molar-refractivity contribution in [3.05, 3.63) is 77.4 Å². The van der Waals surface area contributed by atoms with E-state index >= 15 is 0 Å². The standard InChI is InChI=1S/C29H30N4O6/c1-6-33(7-2)25(34)13-17(3)19-11-12-24-22(14-19)26(32-28(35)23-16-30-39-18(23)4)27(38-24)29(36)31-20-9-8-10-21(15-20)37-5/h8-16H,6-7H2,1-5H3,(H,31,36)(H,32,35)/b17-13+. The van der Waals surface area contributed by atoms with E-state index in [4.69, 9.17) is 13.7 Å². The van der Waals surface area contributed by atoms with Gasteiger partial charge in [0.1, 0.15) is 28.3 Å². The molecule has 0 radical (unpaired) electrons. The molecule has 2 aromatic carbocycles. The molecule has 0 saturated carbocycles. The van der Waals surface area contributed by atoms with Crippen LogP contribution in [0.25, 0.3) is 16.5 Å². The van der Waals surface area contributed by atoms with Crippen LogP contribution < -0.4 is 15.4 Å². The minimum absolute atomic E-state index is 0.0896. The third-order valence-corrected chi connectivity index (χ3v) is 6.33. The number of rotatable bonds is 9. The molecule has 0 atom stereocenters. The van der Waals surface area contributed by atoms with Crippen LogP contribution in [-0.2, 0) is 4.79 Å². The van der Waals surface area contributed by atoms with E-state index in [1.807, 2.05) is 20.8 Å². The smallest absolute Gasteiger partial charge is 0.293 e. The van der Waals surface area contributed by atoms with Gasteiger partial charge in [0.25, 0.3) is 11.8 Å². The van der Waals surface area contributed by atoms with Crippen LogP contribution in [-0.4, -0.2) is 48.0 Å². The Balaban J connectivity index is 1.76. The maximum Gasteiger partial charge on any atom is 0.293 e. The number of likely N-dealkylation sites (N-methyl/N-ethyl adjacent to an activating group) is 1. The van der Waals surface area contributed by atoms with Gasteiger partial charge in [-0.15, -0.1) is 0 Å². The molecule has 0 spiro atoms. The summed E-state index contributed by atoms with van der Waals surface area (Å²) in [5, 5.41) is 9.74. The summed E-state index contributed by atoms with van der Waals surface area (Å²) in [7, 11) is 1.53. The molecule has 0 aliphatic carbocycles. The molecule has 0 aliphatic rings. The first kappa shape index (κ1) is 27.2. The fourth-order valence-electron chi connectivity index (χ4n) is 4.11. The molecular weight excluding hydrogens is 500 g/mol. The van der Waals surface area contributed by atoms with Gasteiger partial charge in [-0.1, -0.05) is 17.3 Å². The van der Waals surface area contributed by atoms with E-state index in [1.165, 1.54) is 13.3 Å². The molecular formula is C29H30N4O6. The molecule has 10 heteroatoms. The number of carbonyl (C=O) groups excluding carboxylic acids is 3. The van der Waals surface area contributed by atoms with E-state index in [9.17, 15) is 14.4 Å². The molecule has 39 heavy (non-hydrogen) atoms. The Hall–Kier alpha value is -4.86. The highest BCUT2D eigenvalue weighted by Gasteiger charge is 2.25. The zero-order chi connectivity index (χ0) is 28.1. The van der Waals surface area contributed by atoms with E-state index < -0.39 is 11.8 Å². The maximum absolute atomic E-state index is 13.4. The lowest BCUT2D eigenvalue weighted by molar-refractivity contribution is -0.125. The summed E-state index contributed by atoms with van der Waals surface area (Å²) in [5.41, 5.74) is 2.74. The number of anilines is 2. The molecule has 0 saturated heterocycles. The fraction of sp³-hybridized carbons (Fsp3) is 0.241. The minimum Gasteiger partial charge on any atom is -0.497 e. The van der Waals surface area contributed by atoms with E-state index in [0.29, 0.717) is 41.3 Å². The van der Waals surface area contributed by atoms with Gasteiger partial charge in [0.05, 0.1) is 13.3 Å². The summed E-state index contributed by atoms with van der Waals surface area (Å²) in [6.45, 7) is 8.50. The second-order valence-electron chi connectivity index (χ2n) is 8.79. The molecule has 10 nitrogen and oxygen atoms in total. The molecule has 0 fully saturated rings. The van der Waals surface area contributed by atoms with Crippen molar-refractivity contribution in [1.82, 2.24) is 10.1 Å². The Morgan fingerprint density at radius 1 is 1.05 bits per heavy atom. The first-order chi connectivity index (χ1) is 18.7. The predicted octanol–water partition coefficient (Wildman–Crippen LogP) is 5.51. The zero-order valence-corrected chi connectivity index (χ0v) is 22.5. The molecule has 0 aliphatic heterocycles. The van der Waals surface area contributed by atoms with Crippen LogP contribution in [0.3, 0.4) is 0 Å². The number of fused-ring (bicyclic) bond motifs is 1. The van der Waals surface area contributed by atoms with E-state index in [0.717, 1.165) is 11.1 Å². The van der Waals surface area contributed by atoms with Gasteiger partial charge in [0.15, 0.2) is 0 Å². The third-order valence-electron chi connectivity index (χ3n) is 6.33. The van der Waals surface area contributed by atoms with Gasteiger partial charge < -0.3 is 29.2 Å². The van der Waals surface area contributed by atoms with Gasteiger partial charge in [-0.2, -0.15) is 0 Å². The summed E-state index contributed by atoms with van der Waals surface area (Å²) >= 11 is 0. The first-order valence-electron chi connectivity index (χ1n) is 12.5. The van der Waals surface area contributed by atoms with E-state index in [2.05, 4.69) is 15.8 Å². The highest BCUT2D eigenvalue weighted by atomic mass is 16.5. The van der Waals surface area contributed by atoms with Crippen LogP contribution in [0.2, 0.25) is 0 Å². The van der Waals surface area contributed by atoms with E-state index in [1.54, 1.807) is 60.4 Å². The maximum atomic E-state index is 13.4. The normalized spacial score (nSPS) is 11.4. The number of furan rings is 1. The zero-order valence-electron chi connectivity index (χ0n) is 22.5. The highest BCUT2D eigenvalue weighted by molar-refractivity contribution is 6.17. The van der Waals surface area contributed by atoms with Crippen molar-refractivity contribution >= 4 is 45.6 Å². The van der Waals surface area contributed by atoms with Crippen molar-refractivity contribution in [2.75, 3.05) is 30.8 Å². The van der Waals surface area contributed by atoms with Gasteiger partial charge in [-0.3, -0.25) is 14.4 Å². The van der Waals surface area contributed by atoms with Crippen LogP contribution >= 0.6 is 0 Å². The SMILES string of the molecule is CCN(CC)C(=O)/C=C(\C)c1ccc2oc(C(=O)Nc3cccc(OC)c3)c(NC(=O)c3cnoc3C)c2c1. The average Bonchev–Trinajstić information content (AvgIpc) is 3.52. The summed E-state index contributed by atoms with van der Waals surface area (Å²) in [6.07, 6.45) is 2.88. The Kier molecular flexibility index (Phi) is 8.14. The lowest BCUT2D eigenvalue weighted by Crippen LogP contribution is -2.28. The summed E-state index contributed by atoms with van der Waals surface area (Å²) < 4.78 is 16.2. The first-order valence-corrected chi connectivity index (χ1v) is 12.5. The van der Waals surface area contributed by atoms with Crippen LogP contribution in [0.15, 0.2) is 63.7 Å². The molecule has 4 aromatic rings. The topological polar surface area (TPSA) is 127 Å². The number of amides is 3. The van der Waals surface area contributed by atoms with Gasteiger partial charge in [-0.25, -0.2) is 0 Å². The number of ether oxygens (including phenoxy) is 1. The number of benzene rings is 2. The highest BCUT2D eigenvalue weighted by Crippen LogP contribution is 2.34. The largest absolute Gasteiger partial charge is 0.497 e. The van der Waals surface area contributed by atoms with Gasteiger partial charge >= 0.3 is 0 Å². The number of aryl methyl sites for hydroxylation is 1. The Labute approximate surface area is 225 Å². The van der Waals surface area contributed by atoms with Gasteiger partial charge in [-0.05, 0) is 63.1 Å². The number of aromatic nitrogens is 1. The van der Waals surface area contributed by atoms with Crippen LogP contribution in [0.4, 0.5) is 11.4 Å². The average molecular weight is 531 g/mol. The molecule has 4 rings (SSSR count). The molecule has 0 unspecified atom stereocenters. The van der Waals surface area contributed by atoms with Crippen molar-refractivity contribution in [2.24, 2.45) is 0 Å². The number of nitrogens with zero attached hydrogens (tertiary/aromatic N) is 2. The Morgan fingerprint density at radius 2 is 1.82 bits per heavy atom. The predicted molar refractivity (Wildman–Crippen MR) is 148 cm³/mol. The number of carbonyl (C=O) groups is 3. The molecule has 2 aromatic heterocycles.